The molecule has 0 N–H and O–H groups in total. The molecule has 0 radical (unpaired) electrons. The molecule has 1 aromatic heterocycles. The van der Waals surface area contributed by atoms with Crippen LogP contribution in [0.15, 0.2) is 65.1 Å². The van der Waals surface area contributed by atoms with E-state index in [0.717, 1.165) is 34.0 Å². The number of hydrogen-bond acceptors (Lipinski definition) is 3. The van der Waals surface area contributed by atoms with Crippen LogP contribution in [0.25, 0.3) is 22.6 Å². The van der Waals surface area contributed by atoms with Crippen LogP contribution in [0.5, 0.6) is 5.75 Å². The molecule has 0 bridgehead atoms. The lowest BCUT2D eigenvalue weighted by Gasteiger charge is -2.26. The van der Waals surface area contributed by atoms with Gasteiger partial charge in [-0.05, 0) is 32.0 Å². The predicted molar refractivity (Wildman–Crippen MR) is 89.2 cm³/mol. The number of furan rings is 1. The Bertz CT molecular complexity index is 818. The number of benzene rings is 2. The van der Waals surface area contributed by atoms with Crippen LogP contribution in [0.1, 0.15) is 25.7 Å². The van der Waals surface area contributed by atoms with E-state index in [4.69, 9.17) is 13.9 Å². The normalized spacial score (nSPS) is 15.9. The zero-order valence-corrected chi connectivity index (χ0v) is 13.2. The summed E-state index contributed by atoms with van der Waals surface area (Å²) in [6.07, 6.45) is -0.380. The third-order valence-corrected chi connectivity index (χ3v) is 3.83. The van der Waals surface area contributed by atoms with Crippen molar-refractivity contribution in [1.29, 1.82) is 0 Å². The Morgan fingerprint density at radius 3 is 2.48 bits per heavy atom. The lowest BCUT2D eigenvalue weighted by Crippen LogP contribution is -2.19. The van der Waals surface area contributed by atoms with Crippen LogP contribution in [-0.4, -0.2) is 6.10 Å². The van der Waals surface area contributed by atoms with Crippen molar-refractivity contribution >= 4 is 0 Å². The highest BCUT2D eigenvalue weighted by Gasteiger charge is 2.31. The van der Waals surface area contributed by atoms with Crippen molar-refractivity contribution in [1.82, 2.24) is 0 Å². The third kappa shape index (κ3) is 2.53. The minimum atomic E-state index is -0.443. The largest absolute Gasteiger partial charge is 0.460 e. The Morgan fingerprint density at radius 1 is 0.957 bits per heavy atom. The minimum absolute atomic E-state index is 0.0631. The Kier molecular flexibility index (Phi) is 3.43. The van der Waals surface area contributed by atoms with Gasteiger partial charge in [-0.1, -0.05) is 42.5 Å². The summed E-state index contributed by atoms with van der Waals surface area (Å²) in [4.78, 5) is 0. The standard InChI is InChI=1S/C20H18O3/c1-13(2)21-20-16-12-18(14-8-4-3-5-9-14)22-19(16)15-10-6-7-11-17(15)23-20/h3-13,20H,1-2H3. The molecule has 3 nitrogen and oxygen atoms in total. The monoisotopic (exact) mass is 306 g/mol. The molecule has 3 aromatic rings. The molecule has 1 aliphatic heterocycles. The van der Waals surface area contributed by atoms with E-state index in [0.29, 0.717) is 0 Å². The van der Waals surface area contributed by atoms with E-state index >= 15 is 0 Å². The number of hydrogen-bond donors (Lipinski definition) is 0. The van der Waals surface area contributed by atoms with Crippen molar-refractivity contribution in [2.75, 3.05) is 0 Å². The van der Waals surface area contributed by atoms with Crippen LogP contribution in [0.2, 0.25) is 0 Å². The fraction of sp³-hybridized carbons (Fsp3) is 0.200. The average molecular weight is 306 g/mol. The molecule has 4 rings (SSSR count). The first kappa shape index (κ1) is 14.1. The average Bonchev–Trinajstić information content (AvgIpc) is 3.01. The van der Waals surface area contributed by atoms with Crippen LogP contribution in [-0.2, 0) is 4.74 Å². The Labute approximate surface area is 135 Å². The Morgan fingerprint density at radius 2 is 1.70 bits per heavy atom. The zero-order chi connectivity index (χ0) is 15.8. The quantitative estimate of drug-likeness (QED) is 0.646. The maximum atomic E-state index is 6.17. The van der Waals surface area contributed by atoms with Gasteiger partial charge in [-0.2, -0.15) is 0 Å². The van der Waals surface area contributed by atoms with Crippen LogP contribution in [0.4, 0.5) is 0 Å². The summed E-state index contributed by atoms with van der Waals surface area (Å²) >= 11 is 0. The summed E-state index contributed by atoms with van der Waals surface area (Å²) in [5.74, 6) is 2.45. The molecule has 0 saturated heterocycles. The van der Waals surface area contributed by atoms with E-state index in [-0.39, 0.29) is 6.10 Å². The number of rotatable bonds is 3. The highest BCUT2D eigenvalue weighted by molar-refractivity contribution is 5.74. The Hall–Kier alpha value is -2.52. The van der Waals surface area contributed by atoms with Gasteiger partial charge in [0.1, 0.15) is 17.3 Å². The van der Waals surface area contributed by atoms with Crippen LogP contribution < -0.4 is 4.74 Å². The fourth-order valence-electron chi connectivity index (χ4n) is 2.82. The van der Waals surface area contributed by atoms with Gasteiger partial charge >= 0.3 is 0 Å². The smallest absolute Gasteiger partial charge is 0.230 e. The molecule has 0 aliphatic carbocycles. The number of ether oxygens (including phenoxy) is 2. The van der Waals surface area contributed by atoms with Gasteiger partial charge in [0.2, 0.25) is 6.29 Å². The number of para-hydroxylation sites is 1. The Balaban J connectivity index is 1.85. The van der Waals surface area contributed by atoms with Crippen molar-refractivity contribution in [3.63, 3.8) is 0 Å². The molecular formula is C20H18O3. The predicted octanol–water partition coefficient (Wildman–Crippen LogP) is 5.43. The maximum Gasteiger partial charge on any atom is 0.230 e. The maximum absolute atomic E-state index is 6.17. The van der Waals surface area contributed by atoms with Crippen molar-refractivity contribution in [2.45, 2.75) is 26.2 Å². The SMILES string of the molecule is CC(C)OC1Oc2ccccc2-c2oc(-c3ccccc3)cc21. The van der Waals surface area contributed by atoms with Gasteiger partial charge in [0, 0.05) is 5.56 Å². The molecule has 0 fully saturated rings. The molecule has 0 saturated carbocycles. The molecule has 2 aromatic carbocycles. The molecule has 23 heavy (non-hydrogen) atoms. The highest BCUT2D eigenvalue weighted by atomic mass is 16.7. The molecule has 0 amide bonds. The van der Waals surface area contributed by atoms with Crippen molar-refractivity contribution < 1.29 is 13.9 Å². The summed E-state index contributed by atoms with van der Waals surface area (Å²) in [6, 6.07) is 20.0. The second-order valence-electron chi connectivity index (χ2n) is 5.89. The van der Waals surface area contributed by atoms with Crippen LogP contribution in [0, 0.1) is 0 Å². The van der Waals surface area contributed by atoms with E-state index in [2.05, 4.69) is 0 Å². The van der Waals surface area contributed by atoms with Gasteiger partial charge in [0.25, 0.3) is 0 Å². The van der Waals surface area contributed by atoms with E-state index in [1.54, 1.807) is 0 Å². The van der Waals surface area contributed by atoms with Gasteiger partial charge in [-0.15, -0.1) is 0 Å². The molecule has 1 atom stereocenters. The van der Waals surface area contributed by atoms with E-state index in [1.165, 1.54) is 0 Å². The summed E-state index contributed by atoms with van der Waals surface area (Å²) in [5.41, 5.74) is 2.95. The summed E-state index contributed by atoms with van der Waals surface area (Å²) in [7, 11) is 0. The third-order valence-electron chi connectivity index (χ3n) is 3.83. The first-order valence-electron chi connectivity index (χ1n) is 7.83. The van der Waals surface area contributed by atoms with Crippen LogP contribution >= 0.6 is 0 Å². The lowest BCUT2D eigenvalue weighted by atomic mass is 10.0. The topological polar surface area (TPSA) is 31.6 Å². The van der Waals surface area contributed by atoms with E-state index in [1.807, 2.05) is 74.5 Å². The fourth-order valence-corrected chi connectivity index (χ4v) is 2.82. The van der Waals surface area contributed by atoms with Gasteiger partial charge in [-0.25, -0.2) is 0 Å². The summed E-state index contributed by atoms with van der Waals surface area (Å²) in [5, 5.41) is 0. The summed E-state index contributed by atoms with van der Waals surface area (Å²) < 4.78 is 18.1. The van der Waals surface area contributed by atoms with Crippen molar-refractivity contribution in [3.05, 3.63) is 66.2 Å². The van der Waals surface area contributed by atoms with Crippen molar-refractivity contribution in [2.24, 2.45) is 0 Å². The van der Waals surface area contributed by atoms with Gasteiger partial charge in [0.15, 0.2) is 0 Å². The lowest BCUT2D eigenvalue weighted by molar-refractivity contribution is -0.113. The molecule has 0 spiro atoms. The zero-order valence-electron chi connectivity index (χ0n) is 13.2. The van der Waals surface area contributed by atoms with E-state index in [9.17, 15) is 0 Å². The number of fused-ring (bicyclic) bond motifs is 3. The molecule has 116 valence electrons. The molecule has 1 aliphatic rings. The summed E-state index contributed by atoms with van der Waals surface area (Å²) in [6.45, 7) is 4.00. The molecular weight excluding hydrogens is 288 g/mol. The highest BCUT2D eigenvalue weighted by Crippen LogP contribution is 2.46. The first-order valence-corrected chi connectivity index (χ1v) is 7.83. The first-order chi connectivity index (χ1) is 11.2. The minimum Gasteiger partial charge on any atom is -0.460 e. The van der Waals surface area contributed by atoms with Crippen LogP contribution in [0.3, 0.4) is 0 Å². The van der Waals surface area contributed by atoms with Gasteiger partial charge in [0.05, 0.1) is 17.2 Å². The second kappa shape index (κ2) is 5.60. The second-order valence-corrected chi connectivity index (χ2v) is 5.89. The van der Waals surface area contributed by atoms with Gasteiger partial charge in [-0.3, -0.25) is 0 Å². The van der Waals surface area contributed by atoms with Crippen molar-refractivity contribution in [3.8, 4) is 28.4 Å². The van der Waals surface area contributed by atoms with Gasteiger partial charge < -0.3 is 13.9 Å². The molecule has 1 unspecified atom stereocenters. The molecule has 2 heterocycles. The van der Waals surface area contributed by atoms with E-state index < -0.39 is 6.29 Å². The molecule has 3 heteroatoms.